The smallest absolute Gasteiger partial charge is 0.545 e. The number of ether oxygens (including phenoxy) is 2. The zero-order valence-corrected chi connectivity index (χ0v) is 8.78. The summed E-state index contributed by atoms with van der Waals surface area (Å²) in [5.74, 6) is -0.509. The third-order valence-corrected chi connectivity index (χ3v) is 1.72. The van der Waals surface area contributed by atoms with Gasteiger partial charge in [-0.1, -0.05) is 5.92 Å². The summed E-state index contributed by atoms with van der Waals surface area (Å²) in [4.78, 5) is 10.7. The Labute approximate surface area is 99.9 Å². The van der Waals surface area contributed by atoms with Crippen molar-refractivity contribution in [1.82, 2.24) is 0 Å². The van der Waals surface area contributed by atoms with Gasteiger partial charge in [-0.25, -0.2) is 0 Å². The van der Waals surface area contributed by atoms with Crippen LogP contribution in [-0.4, -0.2) is 18.9 Å². The number of terminal acetylenes is 1. The Morgan fingerprint density at radius 2 is 2.11 bits per heavy atom. The monoisotopic (exact) mass is 259 g/mol. The molecule has 0 atom stereocenters. The molecule has 0 aromatic heterocycles. The van der Waals surface area contributed by atoms with Crippen LogP contribution in [-0.2, 0) is 0 Å². The first-order valence-corrected chi connectivity index (χ1v) is 4.51. The van der Waals surface area contributed by atoms with Crippen molar-refractivity contribution in [2.45, 2.75) is 6.36 Å². The van der Waals surface area contributed by atoms with Crippen molar-refractivity contribution < 1.29 is 32.5 Å². The zero-order chi connectivity index (χ0) is 13.8. The summed E-state index contributed by atoms with van der Waals surface area (Å²) in [5, 5.41) is 10.7. The Bertz CT molecular complexity index is 488. The number of carboxylic acids is 1. The van der Waals surface area contributed by atoms with E-state index in [1.807, 2.05) is 0 Å². The first kappa shape index (κ1) is 13.7. The predicted octanol–water partition coefficient (Wildman–Crippen LogP) is 0.961. The second kappa shape index (κ2) is 5.31. The number of benzene rings is 1. The minimum Gasteiger partial charge on any atom is -0.545 e. The molecule has 0 aliphatic rings. The zero-order valence-electron chi connectivity index (χ0n) is 8.78. The van der Waals surface area contributed by atoms with Crippen LogP contribution in [0.1, 0.15) is 10.4 Å². The SMILES string of the molecule is C#CCOc1cc(OC(F)(F)F)ccc1C(=O)[O-]. The molecule has 0 heterocycles. The van der Waals surface area contributed by atoms with Crippen LogP contribution in [0.3, 0.4) is 0 Å². The summed E-state index contributed by atoms with van der Waals surface area (Å²) in [6.45, 7) is -0.296. The number of aromatic carboxylic acids is 1. The van der Waals surface area contributed by atoms with Gasteiger partial charge >= 0.3 is 6.36 Å². The number of rotatable bonds is 4. The molecule has 1 rings (SSSR count). The van der Waals surface area contributed by atoms with Crippen LogP contribution in [0.2, 0.25) is 0 Å². The predicted molar refractivity (Wildman–Crippen MR) is 51.8 cm³/mol. The molecule has 0 bridgehead atoms. The van der Waals surface area contributed by atoms with Gasteiger partial charge in [0, 0.05) is 11.6 Å². The first-order chi connectivity index (χ1) is 8.33. The van der Waals surface area contributed by atoms with Gasteiger partial charge in [-0.2, -0.15) is 0 Å². The average Bonchev–Trinajstić information content (AvgIpc) is 2.23. The molecule has 7 heteroatoms. The fourth-order valence-electron chi connectivity index (χ4n) is 1.11. The summed E-state index contributed by atoms with van der Waals surface area (Å²) in [7, 11) is 0. The van der Waals surface area contributed by atoms with E-state index in [4.69, 9.17) is 11.2 Å². The molecular formula is C11H6F3O4-. The molecule has 1 aromatic carbocycles. The van der Waals surface area contributed by atoms with E-state index < -0.39 is 23.6 Å². The Balaban J connectivity index is 3.05. The van der Waals surface area contributed by atoms with E-state index in [-0.39, 0.29) is 12.4 Å². The highest BCUT2D eigenvalue weighted by molar-refractivity contribution is 5.89. The van der Waals surface area contributed by atoms with Gasteiger partial charge in [0.05, 0.1) is 5.97 Å². The fourth-order valence-corrected chi connectivity index (χ4v) is 1.11. The summed E-state index contributed by atoms with van der Waals surface area (Å²) in [5.41, 5.74) is -0.417. The van der Waals surface area contributed by atoms with Crippen molar-refractivity contribution in [2.24, 2.45) is 0 Å². The van der Waals surface area contributed by atoms with Gasteiger partial charge in [0.15, 0.2) is 0 Å². The van der Waals surface area contributed by atoms with Crippen molar-refractivity contribution in [3.8, 4) is 23.8 Å². The van der Waals surface area contributed by atoms with Gasteiger partial charge in [0.1, 0.15) is 18.1 Å². The van der Waals surface area contributed by atoms with Crippen molar-refractivity contribution in [3.05, 3.63) is 23.8 Å². The number of halogens is 3. The topological polar surface area (TPSA) is 58.6 Å². The second-order valence-electron chi connectivity index (χ2n) is 2.99. The lowest BCUT2D eigenvalue weighted by Gasteiger charge is -2.14. The van der Waals surface area contributed by atoms with Crippen molar-refractivity contribution in [2.75, 3.05) is 6.61 Å². The molecule has 0 aliphatic heterocycles. The molecule has 0 saturated heterocycles. The highest BCUT2D eigenvalue weighted by Gasteiger charge is 2.31. The van der Waals surface area contributed by atoms with Crippen LogP contribution >= 0.6 is 0 Å². The lowest BCUT2D eigenvalue weighted by atomic mass is 10.2. The molecule has 96 valence electrons. The number of carbonyl (C=O) groups excluding carboxylic acids is 1. The van der Waals surface area contributed by atoms with Crippen molar-refractivity contribution >= 4 is 5.97 Å². The van der Waals surface area contributed by atoms with Crippen LogP contribution in [0.4, 0.5) is 13.2 Å². The standard InChI is InChI=1S/C11H7F3O4/c1-2-5-17-9-6-7(18-11(12,13)14)3-4-8(9)10(15)16/h1,3-4,6H,5H2,(H,15,16)/p-1. The first-order valence-electron chi connectivity index (χ1n) is 4.51. The number of hydrogen-bond acceptors (Lipinski definition) is 4. The van der Waals surface area contributed by atoms with E-state index in [0.29, 0.717) is 0 Å². The van der Waals surface area contributed by atoms with E-state index in [1.54, 1.807) is 0 Å². The van der Waals surface area contributed by atoms with E-state index in [1.165, 1.54) is 0 Å². The normalized spacial score (nSPS) is 10.6. The highest BCUT2D eigenvalue weighted by Crippen LogP contribution is 2.28. The van der Waals surface area contributed by atoms with Gasteiger partial charge in [-0.05, 0) is 12.1 Å². The van der Waals surface area contributed by atoms with Crippen LogP contribution in [0.25, 0.3) is 0 Å². The Hall–Kier alpha value is -2.36. The van der Waals surface area contributed by atoms with Gasteiger partial charge in [-0.3, -0.25) is 0 Å². The third-order valence-electron chi connectivity index (χ3n) is 1.72. The maximum absolute atomic E-state index is 12.0. The summed E-state index contributed by atoms with van der Waals surface area (Å²) < 4.78 is 44.3. The fraction of sp³-hybridized carbons (Fsp3) is 0.182. The molecule has 0 N–H and O–H groups in total. The lowest BCUT2D eigenvalue weighted by Crippen LogP contribution is -2.23. The number of hydrogen-bond donors (Lipinski definition) is 0. The molecule has 18 heavy (non-hydrogen) atoms. The maximum Gasteiger partial charge on any atom is 0.573 e. The van der Waals surface area contributed by atoms with Crippen LogP contribution < -0.4 is 14.6 Å². The molecule has 0 radical (unpaired) electrons. The molecule has 4 nitrogen and oxygen atoms in total. The van der Waals surface area contributed by atoms with Crippen molar-refractivity contribution in [3.63, 3.8) is 0 Å². The summed E-state index contributed by atoms with van der Waals surface area (Å²) in [6, 6.07) is 2.49. The molecule has 0 fully saturated rings. The van der Waals surface area contributed by atoms with Gasteiger partial charge in [0.2, 0.25) is 0 Å². The maximum atomic E-state index is 12.0. The number of carboxylic acid groups (broad SMARTS) is 1. The minimum atomic E-state index is -4.88. The van der Waals surface area contributed by atoms with Crippen LogP contribution in [0.15, 0.2) is 18.2 Å². The molecule has 0 unspecified atom stereocenters. The van der Waals surface area contributed by atoms with E-state index in [2.05, 4.69) is 10.7 Å². The quantitative estimate of drug-likeness (QED) is 0.756. The minimum absolute atomic E-state index is 0.296. The van der Waals surface area contributed by atoms with E-state index in [9.17, 15) is 23.1 Å². The highest BCUT2D eigenvalue weighted by atomic mass is 19.4. The van der Waals surface area contributed by atoms with Crippen molar-refractivity contribution in [1.29, 1.82) is 0 Å². The molecule has 1 aromatic rings. The molecule has 0 saturated carbocycles. The largest absolute Gasteiger partial charge is 0.573 e. The van der Waals surface area contributed by atoms with E-state index in [0.717, 1.165) is 18.2 Å². The molecule has 0 amide bonds. The molecule has 0 aliphatic carbocycles. The van der Waals surface area contributed by atoms with Gasteiger partial charge in [-0.15, -0.1) is 19.6 Å². The Morgan fingerprint density at radius 3 is 2.61 bits per heavy atom. The van der Waals surface area contributed by atoms with E-state index >= 15 is 0 Å². The third kappa shape index (κ3) is 3.90. The molecule has 0 spiro atoms. The average molecular weight is 259 g/mol. The summed E-state index contributed by atoms with van der Waals surface area (Å²) in [6.07, 6.45) is 0.0105. The number of alkyl halides is 3. The lowest BCUT2D eigenvalue weighted by molar-refractivity contribution is -0.274. The number of carbonyl (C=O) groups is 1. The summed E-state index contributed by atoms with van der Waals surface area (Å²) >= 11 is 0. The Kier molecular flexibility index (Phi) is 4.05. The molecular weight excluding hydrogens is 253 g/mol. The van der Waals surface area contributed by atoms with Gasteiger partial charge in [0.25, 0.3) is 0 Å². The second-order valence-corrected chi connectivity index (χ2v) is 2.99. The Morgan fingerprint density at radius 1 is 1.44 bits per heavy atom. The van der Waals surface area contributed by atoms with Crippen LogP contribution in [0.5, 0.6) is 11.5 Å². The van der Waals surface area contributed by atoms with Gasteiger partial charge < -0.3 is 19.4 Å². The van der Waals surface area contributed by atoms with Crippen LogP contribution in [0, 0.1) is 12.3 Å².